The van der Waals surface area contributed by atoms with Crippen LogP contribution in [-0.2, 0) is 16.6 Å². The molecule has 0 atom stereocenters. The molecule has 0 aromatic carbocycles. The monoisotopic (exact) mass is 242 g/mol. The fourth-order valence-corrected chi connectivity index (χ4v) is 2.03. The standard InChI is InChI=1S/C10H14N2O3S/c1-2-3-4-7-12-16(13,14)10-6-5-9(8-11)15-10/h5-6,12H,4,7-8,11H2,1H3. The van der Waals surface area contributed by atoms with Crippen LogP contribution in [0.4, 0.5) is 0 Å². The smallest absolute Gasteiger partial charge is 0.273 e. The van der Waals surface area contributed by atoms with Crippen molar-refractivity contribution in [2.45, 2.75) is 25.0 Å². The maximum absolute atomic E-state index is 11.6. The van der Waals surface area contributed by atoms with Gasteiger partial charge in [0.05, 0.1) is 6.54 Å². The summed E-state index contributed by atoms with van der Waals surface area (Å²) < 4.78 is 30.7. The molecule has 0 unspecified atom stereocenters. The van der Waals surface area contributed by atoms with Crippen LogP contribution in [0, 0.1) is 11.8 Å². The Balaban J connectivity index is 2.65. The molecule has 3 N–H and O–H groups in total. The molecule has 0 aliphatic carbocycles. The lowest BCUT2D eigenvalue weighted by atomic mass is 10.4. The van der Waals surface area contributed by atoms with Crippen molar-refractivity contribution in [2.24, 2.45) is 5.73 Å². The van der Waals surface area contributed by atoms with Gasteiger partial charge in [-0.2, -0.15) is 0 Å². The number of nitrogens with two attached hydrogens (primary N) is 1. The third-order valence-electron chi connectivity index (χ3n) is 1.82. The van der Waals surface area contributed by atoms with Crippen LogP contribution in [-0.4, -0.2) is 15.0 Å². The zero-order valence-corrected chi connectivity index (χ0v) is 9.80. The molecule has 0 fully saturated rings. The molecule has 0 aliphatic heterocycles. The van der Waals surface area contributed by atoms with Crippen LogP contribution in [0.2, 0.25) is 0 Å². The summed E-state index contributed by atoms with van der Waals surface area (Å²) in [6, 6.07) is 2.93. The third kappa shape index (κ3) is 3.38. The molecular formula is C10H14N2O3S. The highest BCUT2D eigenvalue weighted by Crippen LogP contribution is 2.12. The Morgan fingerprint density at radius 2 is 2.25 bits per heavy atom. The largest absolute Gasteiger partial charge is 0.447 e. The summed E-state index contributed by atoms with van der Waals surface area (Å²) in [5.41, 5.74) is 5.32. The lowest BCUT2D eigenvalue weighted by Crippen LogP contribution is -2.24. The van der Waals surface area contributed by atoms with Crippen LogP contribution in [0.1, 0.15) is 19.1 Å². The van der Waals surface area contributed by atoms with Gasteiger partial charge in [0.2, 0.25) is 5.09 Å². The maximum Gasteiger partial charge on any atom is 0.273 e. The Labute approximate surface area is 95.1 Å². The zero-order valence-electron chi connectivity index (χ0n) is 8.99. The van der Waals surface area contributed by atoms with Crippen molar-refractivity contribution in [1.82, 2.24) is 4.72 Å². The molecule has 0 radical (unpaired) electrons. The quantitative estimate of drug-likeness (QED) is 0.579. The molecule has 88 valence electrons. The molecule has 0 bridgehead atoms. The highest BCUT2D eigenvalue weighted by Gasteiger charge is 2.17. The first-order chi connectivity index (χ1) is 7.60. The minimum absolute atomic E-state index is 0.114. The van der Waals surface area contributed by atoms with Gasteiger partial charge in [0.1, 0.15) is 5.76 Å². The molecule has 0 aliphatic rings. The zero-order chi connectivity index (χ0) is 12.0. The number of rotatable bonds is 5. The molecule has 0 saturated heterocycles. The Morgan fingerprint density at radius 1 is 1.50 bits per heavy atom. The van der Waals surface area contributed by atoms with Crippen LogP contribution in [0.3, 0.4) is 0 Å². The van der Waals surface area contributed by atoms with Crippen molar-refractivity contribution in [1.29, 1.82) is 0 Å². The summed E-state index contributed by atoms with van der Waals surface area (Å²) >= 11 is 0. The van der Waals surface area contributed by atoms with Crippen molar-refractivity contribution < 1.29 is 12.8 Å². The van der Waals surface area contributed by atoms with Crippen molar-refractivity contribution in [3.8, 4) is 11.8 Å². The molecular weight excluding hydrogens is 228 g/mol. The minimum atomic E-state index is -3.57. The molecule has 16 heavy (non-hydrogen) atoms. The second-order valence-electron chi connectivity index (χ2n) is 3.00. The Morgan fingerprint density at radius 3 is 2.81 bits per heavy atom. The van der Waals surface area contributed by atoms with Gasteiger partial charge in [-0.05, 0) is 19.1 Å². The summed E-state index contributed by atoms with van der Waals surface area (Å²) in [7, 11) is -3.57. The molecule has 1 aromatic rings. The van der Waals surface area contributed by atoms with Crippen LogP contribution < -0.4 is 10.5 Å². The van der Waals surface area contributed by atoms with E-state index in [0.29, 0.717) is 12.2 Å². The Kier molecular flexibility index (Phi) is 4.55. The average molecular weight is 242 g/mol. The number of sulfonamides is 1. The van der Waals surface area contributed by atoms with Gasteiger partial charge in [-0.25, -0.2) is 13.1 Å². The van der Waals surface area contributed by atoms with Gasteiger partial charge in [-0.3, -0.25) is 0 Å². The Bertz CT molecular complexity index is 494. The van der Waals surface area contributed by atoms with E-state index in [9.17, 15) is 8.42 Å². The van der Waals surface area contributed by atoms with E-state index in [1.807, 2.05) is 0 Å². The lowest BCUT2D eigenvalue weighted by Gasteiger charge is -2.01. The van der Waals surface area contributed by atoms with E-state index >= 15 is 0 Å². The summed E-state index contributed by atoms with van der Waals surface area (Å²) in [5, 5.41) is -0.114. The molecule has 1 aromatic heterocycles. The topological polar surface area (TPSA) is 85.3 Å². The van der Waals surface area contributed by atoms with Gasteiger partial charge in [0.15, 0.2) is 0 Å². The molecule has 0 saturated carbocycles. The molecule has 1 rings (SSSR count). The van der Waals surface area contributed by atoms with Gasteiger partial charge < -0.3 is 10.2 Å². The molecule has 0 spiro atoms. The maximum atomic E-state index is 11.6. The van der Waals surface area contributed by atoms with Crippen molar-refractivity contribution >= 4 is 10.0 Å². The molecule has 0 amide bonds. The first-order valence-corrected chi connectivity index (χ1v) is 6.26. The SMILES string of the molecule is CC#CCCNS(=O)(=O)c1ccc(CN)o1. The van der Waals surface area contributed by atoms with Gasteiger partial charge in [0.25, 0.3) is 10.0 Å². The van der Waals surface area contributed by atoms with E-state index in [1.165, 1.54) is 6.07 Å². The van der Waals surface area contributed by atoms with E-state index in [-0.39, 0.29) is 18.2 Å². The minimum Gasteiger partial charge on any atom is -0.447 e. The average Bonchev–Trinajstić information content (AvgIpc) is 2.73. The van der Waals surface area contributed by atoms with E-state index < -0.39 is 10.0 Å². The number of hydrogen-bond donors (Lipinski definition) is 2. The van der Waals surface area contributed by atoms with E-state index in [1.54, 1.807) is 13.0 Å². The molecule has 6 heteroatoms. The summed E-state index contributed by atoms with van der Waals surface area (Å²) in [5.74, 6) is 5.88. The second-order valence-corrected chi connectivity index (χ2v) is 4.70. The molecule has 5 nitrogen and oxygen atoms in total. The third-order valence-corrected chi connectivity index (χ3v) is 3.16. The van der Waals surface area contributed by atoms with Crippen LogP contribution in [0.15, 0.2) is 21.6 Å². The highest BCUT2D eigenvalue weighted by atomic mass is 32.2. The highest BCUT2D eigenvalue weighted by molar-refractivity contribution is 7.89. The van der Waals surface area contributed by atoms with Gasteiger partial charge in [-0.15, -0.1) is 11.8 Å². The summed E-state index contributed by atoms with van der Waals surface area (Å²) in [6.45, 7) is 2.15. The predicted octanol–water partition coefficient (Wildman–Crippen LogP) is 0.430. The van der Waals surface area contributed by atoms with Gasteiger partial charge >= 0.3 is 0 Å². The number of furan rings is 1. The molecule has 1 heterocycles. The lowest BCUT2D eigenvalue weighted by molar-refractivity contribution is 0.413. The Hall–Kier alpha value is -1.29. The first kappa shape index (κ1) is 12.8. The van der Waals surface area contributed by atoms with Crippen LogP contribution in [0.25, 0.3) is 0 Å². The van der Waals surface area contributed by atoms with Crippen molar-refractivity contribution in [3.05, 3.63) is 17.9 Å². The van der Waals surface area contributed by atoms with E-state index in [4.69, 9.17) is 10.2 Å². The fourth-order valence-electron chi connectivity index (χ4n) is 1.06. The van der Waals surface area contributed by atoms with Gasteiger partial charge in [-0.1, -0.05) is 0 Å². The number of nitrogens with one attached hydrogen (secondary N) is 1. The summed E-state index contributed by atoms with van der Waals surface area (Å²) in [6.07, 6.45) is 0.472. The van der Waals surface area contributed by atoms with Crippen molar-refractivity contribution in [3.63, 3.8) is 0 Å². The van der Waals surface area contributed by atoms with Crippen LogP contribution in [0.5, 0.6) is 0 Å². The van der Waals surface area contributed by atoms with E-state index in [0.717, 1.165) is 0 Å². The second kappa shape index (κ2) is 5.70. The van der Waals surface area contributed by atoms with Crippen LogP contribution >= 0.6 is 0 Å². The fraction of sp³-hybridized carbons (Fsp3) is 0.400. The van der Waals surface area contributed by atoms with Crippen molar-refractivity contribution in [2.75, 3.05) is 6.54 Å². The number of hydrogen-bond acceptors (Lipinski definition) is 4. The normalized spacial score (nSPS) is 10.9. The van der Waals surface area contributed by atoms with E-state index in [2.05, 4.69) is 16.6 Å². The first-order valence-electron chi connectivity index (χ1n) is 4.78. The summed E-state index contributed by atoms with van der Waals surface area (Å²) in [4.78, 5) is 0. The predicted molar refractivity (Wildman–Crippen MR) is 59.9 cm³/mol. The van der Waals surface area contributed by atoms with Gasteiger partial charge in [0, 0.05) is 13.0 Å².